The average Bonchev–Trinajstić information content (AvgIpc) is 2.75. The van der Waals surface area contributed by atoms with Crippen molar-refractivity contribution in [1.29, 1.82) is 0 Å². The number of rotatable bonds is 4. The van der Waals surface area contributed by atoms with Crippen molar-refractivity contribution >= 4 is 11.0 Å². The Hall–Kier alpha value is -1.50. The van der Waals surface area contributed by atoms with E-state index < -0.39 is 12.2 Å². The van der Waals surface area contributed by atoms with Crippen LogP contribution in [0.25, 0.3) is 11.0 Å². The van der Waals surface area contributed by atoms with Crippen LogP contribution in [0, 0.1) is 0 Å². The van der Waals surface area contributed by atoms with Crippen molar-refractivity contribution in [3.05, 3.63) is 24.0 Å². The Balaban J connectivity index is 2.24. The van der Waals surface area contributed by atoms with E-state index in [1.165, 1.54) is 6.20 Å². The lowest BCUT2D eigenvalue weighted by Crippen LogP contribution is -2.29. The van der Waals surface area contributed by atoms with Crippen molar-refractivity contribution in [3.8, 4) is 0 Å². The molecule has 0 aliphatic heterocycles. The first-order valence-electron chi connectivity index (χ1n) is 5.02. The number of likely N-dealkylation sites (N-methyl/N-ethyl adjacent to an activating group) is 1. The first kappa shape index (κ1) is 11.0. The molecule has 0 fully saturated rings. The van der Waals surface area contributed by atoms with Gasteiger partial charge >= 0.3 is 0 Å². The number of aromatic amines is 1. The zero-order valence-corrected chi connectivity index (χ0v) is 8.88. The van der Waals surface area contributed by atoms with E-state index in [0.717, 1.165) is 5.39 Å². The number of pyridine rings is 1. The van der Waals surface area contributed by atoms with Gasteiger partial charge in [-0.05, 0) is 13.1 Å². The van der Waals surface area contributed by atoms with E-state index in [-0.39, 0.29) is 0 Å². The molecular weight excluding hydrogens is 208 g/mol. The summed E-state index contributed by atoms with van der Waals surface area (Å²) in [5.74, 6) is 0. The van der Waals surface area contributed by atoms with Gasteiger partial charge in [-0.1, -0.05) is 0 Å². The van der Waals surface area contributed by atoms with Crippen molar-refractivity contribution < 1.29 is 10.2 Å². The Morgan fingerprint density at radius 1 is 1.44 bits per heavy atom. The maximum absolute atomic E-state index is 9.86. The fourth-order valence-electron chi connectivity index (χ4n) is 1.56. The molecule has 2 rings (SSSR count). The summed E-state index contributed by atoms with van der Waals surface area (Å²) >= 11 is 0. The SMILES string of the molecule is CNCC(O)C(O)c1cnc2[nH]ncc2c1. The zero-order chi connectivity index (χ0) is 11.5. The molecular formula is C10H14N4O2. The van der Waals surface area contributed by atoms with E-state index in [2.05, 4.69) is 20.5 Å². The van der Waals surface area contributed by atoms with Crippen molar-refractivity contribution in [2.24, 2.45) is 0 Å². The topological polar surface area (TPSA) is 94.1 Å². The van der Waals surface area contributed by atoms with E-state index in [1.54, 1.807) is 19.3 Å². The van der Waals surface area contributed by atoms with Crippen LogP contribution in [-0.2, 0) is 0 Å². The van der Waals surface area contributed by atoms with Crippen LogP contribution >= 0.6 is 0 Å². The zero-order valence-electron chi connectivity index (χ0n) is 8.88. The highest BCUT2D eigenvalue weighted by atomic mass is 16.3. The van der Waals surface area contributed by atoms with Crippen LogP contribution in [0.15, 0.2) is 18.5 Å². The summed E-state index contributed by atoms with van der Waals surface area (Å²) in [5.41, 5.74) is 1.25. The summed E-state index contributed by atoms with van der Waals surface area (Å²) < 4.78 is 0. The summed E-state index contributed by atoms with van der Waals surface area (Å²) in [6.07, 6.45) is 1.36. The molecule has 6 heteroatoms. The van der Waals surface area contributed by atoms with Gasteiger partial charge in [0.1, 0.15) is 6.10 Å². The normalized spacial score (nSPS) is 15.2. The summed E-state index contributed by atoms with van der Waals surface area (Å²) in [6, 6.07) is 1.76. The first-order chi connectivity index (χ1) is 7.72. The minimum absolute atomic E-state index is 0.324. The molecule has 0 spiro atoms. The van der Waals surface area contributed by atoms with Crippen molar-refractivity contribution in [2.75, 3.05) is 13.6 Å². The smallest absolute Gasteiger partial charge is 0.155 e. The number of aliphatic hydroxyl groups is 2. The average molecular weight is 222 g/mol. The molecule has 2 aromatic rings. The molecule has 4 N–H and O–H groups in total. The third kappa shape index (κ3) is 2.04. The molecule has 2 atom stereocenters. The minimum Gasteiger partial charge on any atom is -0.389 e. The number of hydrogen-bond donors (Lipinski definition) is 4. The molecule has 86 valence electrons. The van der Waals surface area contributed by atoms with Gasteiger partial charge in [-0.25, -0.2) is 4.98 Å². The number of H-pyrrole nitrogens is 1. The van der Waals surface area contributed by atoms with Gasteiger partial charge < -0.3 is 15.5 Å². The number of aliphatic hydroxyl groups excluding tert-OH is 2. The minimum atomic E-state index is -0.945. The molecule has 0 aliphatic carbocycles. The Morgan fingerprint density at radius 2 is 2.25 bits per heavy atom. The van der Waals surface area contributed by atoms with Crippen LogP contribution in [0.3, 0.4) is 0 Å². The van der Waals surface area contributed by atoms with Crippen LogP contribution < -0.4 is 5.32 Å². The monoisotopic (exact) mass is 222 g/mol. The first-order valence-corrected chi connectivity index (χ1v) is 5.02. The molecule has 0 radical (unpaired) electrons. The lowest BCUT2D eigenvalue weighted by atomic mass is 10.1. The lowest BCUT2D eigenvalue weighted by Gasteiger charge is -2.17. The third-order valence-corrected chi connectivity index (χ3v) is 2.43. The Kier molecular flexibility index (Phi) is 3.14. The van der Waals surface area contributed by atoms with Gasteiger partial charge in [0.2, 0.25) is 0 Å². The predicted octanol–water partition coefficient (Wildman–Crippen LogP) is -0.428. The van der Waals surface area contributed by atoms with Gasteiger partial charge in [-0.15, -0.1) is 0 Å². The number of nitrogens with one attached hydrogen (secondary N) is 2. The molecule has 2 heterocycles. The highest BCUT2D eigenvalue weighted by Crippen LogP contribution is 2.19. The predicted molar refractivity (Wildman–Crippen MR) is 58.8 cm³/mol. The van der Waals surface area contributed by atoms with E-state index in [1.807, 2.05) is 0 Å². The van der Waals surface area contributed by atoms with E-state index in [0.29, 0.717) is 17.8 Å². The number of nitrogens with zero attached hydrogens (tertiary/aromatic N) is 2. The lowest BCUT2D eigenvalue weighted by molar-refractivity contribution is 0.0201. The van der Waals surface area contributed by atoms with E-state index in [9.17, 15) is 10.2 Å². The van der Waals surface area contributed by atoms with Gasteiger partial charge in [0, 0.05) is 23.7 Å². The highest BCUT2D eigenvalue weighted by molar-refractivity contribution is 5.74. The largest absolute Gasteiger partial charge is 0.389 e. The highest BCUT2D eigenvalue weighted by Gasteiger charge is 2.18. The molecule has 0 bridgehead atoms. The number of hydrogen-bond acceptors (Lipinski definition) is 5. The maximum Gasteiger partial charge on any atom is 0.155 e. The van der Waals surface area contributed by atoms with Crippen LogP contribution in [0.4, 0.5) is 0 Å². The molecule has 2 unspecified atom stereocenters. The molecule has 0 aliphatic rings. The van der Waals surface area contributed by atoms with Crippen LogP contribution in [-0.4, -0.2) is 45.1 Å². The van der Waals surface area contributed by atoms with Gasteiger partial charge in [0.15, 0.2) is 5.65 Å². The van der Waals surface area contributed by atoms with Gasteiger partial charge in [0.25, 0.3) is 0 Å². The Bertz CT molecular complexity index is 471. The third-order valence-electron chi connectivity index (χ3n) is 2.43. The van der Waals surface area contributed by atoms with Crippen LogP contribution in [0.5, 0.6) is 0 Å². The second-order valence-electron chi connectivity index (χ2n) is 3.65. The van der Waals surface area contributed by atoms with Crippen molar-refractivity contribution in [2.45, 2.75) is 12.2 Å². The summed E-state index contributed by atoms with van der Waals surface area (Å²) in [4.78, 5) is 4.10. The maximum atomic E-state index is 9.86. The van der Waals surface area contributed by atoms with E-state index >= 15 is 0 Å². The van der Waals surface area contributed by atoms with E-state index in [4.69, 9.17) is 0 Å². The van der Waals surface area contributed by atoms with Gasteiger partial charge in [-0.2, -0.15) is 5.10 Å². The summed E-state index contributed by atoms with van der Waals surface area (Å²) in [7, 11) is 1.72. The molecule has 0 aromatic carbocycles. The molecule has 6 nitrogen and oxygen atoms in total. The molecule has 0 amide bonds. The second-order valence-corrected chi connectivity index (χ2v) is 3.65. The van der Waals surface area contributed by atoms with Gasteiger partial charge in [-0.3, -0.25) is 5.10 Å². The van der Waals surface area contributed by atoms with Crippen LogP contribution in [0.2, 0.25) is 0 Å². The quantitative estimate of drug-likeness (QED) is 0.563. The van der Waals surface area contributed by atoms with Gasteiger partial charge in [0.05, 0.1) is 12.3 Å². The number of fused-ring (bicyclic) bond motifs is 1. The fourth-order valence-corrected chi connectivity index (χ4v) is 1.56. The standard InChI is InChI=1S/C10H14N4O2/c1-11-5-8(15)9(16)6-2-7-4-13-14-10(7)12-3-6/h2-4,8-9,11,15-16H,5H2,1H3,(H,12,13,14). The molecule has 0 saturated carbocycles. The van der Waals surface area contributed by atoms with Crippen molar-refractivity contribution in [3.63, 3.8) is 0 Å². The van der Waals surface area contributed by atoms with Crippen molar-refractivity contribution in [1.82, 2.24) is 20.5 Å². The fraction of sp³-hybridized carbons (Fsp3) is 0.400. The Morgan fingerprint density at radius 3 is 3.00 bits per heavy atom. The number of aromatic nitrogens is 3. The molecule has 0 saturated heterocycles. The second kappa shape index (κ2) is 4.56. The molecule has 16 heavy (non-hydrogen) atoms. The Labute approximate surface area is 92.3 Å². The van der Waals surface area contributed by atoms with Crippen LogP contribution in [0.1, 0.15) is 11.7 Å². The summed E-state index contributed by atoms with van der Waals surface area (Å²) in [5, 5.41) is 29.7. The summed E-state index contributed by atoms with van der Waals surface area (Å²) in [6.45, 7) is 0.324. The molecule has 2 aromatic heterocycles.